The molecule has 0 aliphatic carbocycles. The van der Waals surface area contributed by atoms with Crippen molar-refractivity contribution in [1.82, 2.24) is 5.32 Å². The minimum absolute atomic E-state index is 0.354. The van der Waals surface area contributed by atoms with E-state index < -0.39 is 11.9 Å². The molecule has 0 saturated heterocycles. The maximum atomic E-state index is 11.4. The lowest BCUT2D eigenvalue weighted by Crippen LogP contribution is -2.35. The molecule has 0 aromatic rings. The van der Waals surface area contributed by atoms with Gasteiger partial charge >= 0.3 is 5.97 Å². The van der Waals surface area contributed by atoms with Crippen LogP contribution in [0.15, 0.2) is 0 Å². The predicted molar refractivity (Wildman–Crippen MR) is 54.0 cm³/mol. The molecule has 0 aliphatic heterocycles. The SMILES string of the molecule is CCCCNC(=O)C(CCC)C(=O)O. The van der Waals surface area contributed by atoms with Crippen molar-refractivity contribution in [2.45, 2.75) is 39.5 Å². The lowest BCUT2D eigenvalue weighted by molar-refractivity contribution is -0.147. The number of amides is 1. The van der Waals surface area contributed by atoms with E-state index in [1.54, 1.807) is 0 Å². The number of rotatable bonds is 7. The van der Waals surface area contributed by atoms with Gasteiger partial charge in [0.25, 0.3) is 0 Å². The maximum Gasteiger partial charge on any atom is 0.316 e. The molecule has 1 atom stereocenters. The van der Waals surface area contributed by atoms with E-state index in [-0.39, 0.29) is 5.91 Å². The van der Waals surface area contributed by atoms with Gasteiger partial charge < -0.3 is 10.4 Å². The van der Waals surface area contributed by atoms with E-state index in [0.717, 1.165) is 12.8 Å². The molecule has 1 amide bonds. The summed E-state index contributed by atoms with van der Waals surface area (Å²) in [6.07, 6.45) is 3.00. The summed E-state index contributed by atoms with van der Waals surface area (Å²) in [6, 6.07) is 0. The zero-order chi connectivity index (χ0) is 11.0. The number of hydrogen-bond acceptors (Lipinski definition) is 2. The first kappa shape index (κ1) is 12.9. The van der Waals surface area contributed by atoms with E-state index in [4.69, 9.17) is 5.11 Å². The molecule has 0 fully saturated rings. The topological polar surface area (TPSA) is 66.4 Å². The molecule has 0 aromatic carbocycles. The van der Waals surface area contributed by atoms with Gasteiger partial charge in [-0.15, -0.1) is 0 Å². The minimum atomic E-state index is -1.03. The van der Waals surface area contributed by atoms with Gasteiger partial charge in [0.2, 0.25) is 5.91 Å². The van der Waals surface area contributed by atoms with E-state index >= 15 is 0 Å². The number of unbranched alkanes of at least 4 members (excludes halogenated alkanes) is 1. The van der Waals surface area contributed by atoms with Crippen LogP contribution in [0.3, 0.4) is 0 Å². The van der Waals surface area contributed by atoms with Crippen LogP contribution in [-0.2, 0) is 9.59 Å². The summed E-state index contributed by atoms with van der Waals surface area (Å²) in [5, 5.41) is 11.4. The van der Waals surface area contributed by atoms with Crippen LogP contribution in [0.5, 0.6) is 0 Å². The van der Waals surface area contributed by atoms with Crippen molar-refractivity contribution >= 4 is 11.9 Å². The zero-order valence-corrected chi connectivity index (χ0v) is 8.88. The first-order valence-electron chi connectivity index (χ1n) is 5.14. The van der Waals surface area contributed by atoms with Crippen molar-refractivity contribution in [3.8, 4) is 0 Å². The second-order valence-corrected chi connectivity index (χ2v) is 3.32. The Balaban J connectivity index is 3.96. The monoisotopic (exact) mass is 201 g/mol. The fourth-order valence-electron chi connectivity index (χ4n) is 1.17. The number of nitrogens with one attached hydrogen (secondary N) is 1. The highest BCUT2D eigenvalue weighted by molar-refractivity contribution is 5.96. The van der Waals surface area contributed by atoms with Gasteiger partial charge in [0, 0.05) is 6.54 Å². The molecule has 0 saturated carbocycles. The van der Waals surface area contributed by atoms with Crippen LogP contribution in [0.2, 0.25) is 0 Å². The molecule has 1 unspecified atom stereocenters. The molecule has 4 nitrogen and oxygen atoms in total. The lowest BCUT2D eigenvalue weighted by atomic mass is 10.0. The van der Waals surface area contributed by atoms with Crippen LogP contribution in [0.4, 0.5) is 0 Å². The number of hydrogen-bond donors (Lipinski definition) is 2. The number of carbonyl (C=O) groups excluding carboxylic acids is 1. The Hall–Kier alpha value is -1.06. The number of aliphatic carboxylic acids is 1. The summed E-state index contributed by atoms with van der Waals surface area (Å²) in [5.41, 5.74) is 0. The molecule has 82 valence electrons. The van der Waals surface area contributed by atoms with Gasteiger partial charge in [0.15, 0.2) is 0 Å². The van der Waals surface area contributed by atoms with Gasteiger partial charge in [-0.05, 0) is 12.8 Å². The Morgan fingerprint density at radius 1 is 1.29 bits per heavy atom. The van der Waals surface area contributed by atoms with E-state index in [2.05, 4.69) is 5.32 Å². The summed E-state index contributed by atoms with van der Waals surface area (Å²) in [4.78, 5) is 22.1. The third kappa shape index (κ3) is 4.84. The van der Waals surface area contributed by atoms with Crippen LogP contribution >= 0.6 is 0 Å². The van der Waals surface area contributed by atoms with Crippen LogP contribution in [0, 0.1) is 5.92 Å². The average Bonchev–Trinajstić information content (AvgIpc) is 2.13. The van der Waals surface area contributed by atoms with E-state index in [1.807, 2.05) is 13.8 Å². The smallest absolute Gasteiger partial charge is 0.316 e. The van der Waals surface area contributed by atoms with Crippen molar-refractivity contribution in [2.24, 2.45) is 5.92 Å². The molecule has 0 spiro atoms. The molecule has 0 radical (unpaired) electrons. The van der Waals surface area contributed by atoms with Gasteiger partial charge in [-0.3, -0.25) is 9.59 Å². The first-order chi connectivity index (χ1) is 6.63. The predicted octanol–water partition coefficient (Wildman–Crippen LogP) is 1.40. The normalized spacial score (nSPS) is 12.1. The Morgan fingerprint density at radius 3 is 2.36 bits per heavy atom. The van der Waals surface area contributed by atoms with E-state index in [1.165, 1.54) is 0 Å². The van der Waals surface area contributed by atoms with Gasteiger partial charge in [-0.1, -0.05) is 26.7 Å². The average molecular weight is 201 g/mol. The van der Waals surface area contributed by atoms with Crippen molar-refractivity contribution in [1.29, 1.82) is 0 Å². The fourth-order valence-corrected chi connectivity index (χ4v) is 1.17. The summed E-state index contributed by atoms with van der Waals surface area (Å²) in [6.45, 7) is 4.46. The van der Waals surface area contributed by atoms with Crippen LogP contribution in [0.25, 0.3) is 0 Å². The largest absolute Gasteiger partial charge is 0.481 e. The number of carboxylic acids is 1. The summed E-state index contributed by atoms with van der Waals surface area (Å²) < 4.78 is 0. The van der Waals surface area contributed by atoms with Crippen molar-refractivity contribution < 1.29 is 14.7 Å². The molecule has 0 aromatic heterocycles. The Morgan fingerprint density at radius 2 is 1.93 bits per heavy atom. The first-order valence-corrected chi connectivity index (χ1v) is 5.14. The highest BCUT2D eigenvalue weighted by Gasteiger charge is 2.24. The zero-order valence-electron chi connectivity index (χ0n) is 8.88. The molecular formula is C10H19NO3. The van der Waals surface area contributed by atoms with Gasteiger partial charge in [0.05, 0.1) is 0 Å². The van der Waals surface area contributed by atoms with Gasteiger partial charge in [0.1, 0.15) is 5.92 Å². The highest BCUT2D eigenvalue weighted by Crippen LogP contribution is 2.06. The van der Waals surface area contributed by atoms with E-state index in [9.17, 15) is 9.59 Å². The van der Waals surface area contributed by atoms with Crippen molar-refractivity contribution in [3.05, 3.63) is 0 Å². The van der Waals surface area contributed by atoms with Gasteiger partial charge in [-0.25, -0.2) is 0 Å². The summed E-state index contributed by atoms with van der Waals surface area (Å²) in [7, 11) is 0. The van der Waals surface area contributed by atoms with Crippen molar-refractivity contribution in [2.75, 3.05) is 6.54 Å². The Labute approximate surface area is 84.7 Å². The third-order valence-electron chi connectivity index (χ3n) is 2.02. The van der Waals surface area contributed by atoms with E-state index in [0.29, 0.717) is 19.4 Å². The second-order valence-electron chi connectivity index (χ2n) is 3.32. The molecule has 4 heteroatoms. The number of carbonyl (C=O) groups is 2. The Bertz CT molecular complexity index is 192. The van der Waals surface area contributed by atoms with Crippen LogP contribution in [0.1, 0.15) is 39.5 Å². The molecule has 14 heavy (non-hydrogen) atoms. The molecular weight excluding hydrogens is 182 g/mol. The van der Waals surface area contributed by atoms with Gasteiger partial charge in [-0.2, -0.15) is 0 Å². The summed E-state index contributed by atoms with van der Waals surface area (Å²) >= 11 is 0. The highest BCUT2D eigenvalue weighted by atomic mass is 16.4. The molecule has 0 bridgehead atoms. The maximum absolute atomic E-state index is 11.4. The molecule has 2 N–H and O–H groups in total. The minimum Gasteiger partial charge on any atom is -0.481 e. The second kappa shape index (κ2) is 7.35. The third-order valence-corrected chi connectivity index (χ3v) is 2.02. The molecule has 0 rings (SSSR count). The Kier molecular flexibility index (Phi) is 6.80. The van der Waals surface area contributed by atoms with Crippen LogP contribution in [-0.4, -0.2) is 23.5 Å². The number of carboxylic acid groups (broad SMARTS) is 1. The van der Waals surface area contributed by atoms with Crippen molar-refractivity contribution in [3.63, 3.8) is 0 Å². The van der Waals surface area contributed by atoms with Crippen LogP contribution < -0.4 is 5.32 Å². The fraction of sp³-hybridized carbons (Fsp3) is 0.800. The molecule has 0 heterocycles. The standard InChI is InChI=1S/C10H19NO3/c1-3-5-7-11-9(12)8(6-4-2)10(13)14/h8H,3-7H2,1-2H3,(H,11,12)(H,13,14). The quantitative estimate of drug-likeness (QED) is 0.483. The summed E-state index contributed by atoms with van der Waals surface area (Å²) in [5.74, 6) is -2.26. The molecule has 0 aliphatic rings. The lowest BCUT2D eigenvalue weighted by Gasteiger charge is -2.11.